The van der Waals surface area contributed by atoms with Crippen LogP contribution in [0, 0.1) is 19.8 Å². The van der Waals surface area contributed by atoms with Crippen molar-refractivity contribution in [3.05, 3.63) is 22.8 Å². The van der Waals surface area contributed by atoms with E-state index in [2.05, 4.69) is 36.1 Å². The molecule has 0 fully saturated rings. The second kappa shape index (κ2) is 7.56. The second-order valence-corrected chi connectivity index (χ2v) is 5.41. The molecule has 2 atom stereocenters. The lowest BCUT2D eigenvalue weighted by Crippen LogP contribution is -2.20. The SMILES string of the molecule is CNCC(C)Cc1c(C)nc(CC(C)OC)nc1C. The van der Waals surface area contributed by atoms with Crippen LogP contribution in [0.2, 0.25) is 0 Å². The van der Waals surface area contributed by atoms with Gasteiger partial charge in [-0.25, -0.2) is 9.97 Å². The second-order valence-electron chi connectivity index (χ2n) is 5.41. The summed E-state index contributed by atoms with van der Waals surface area (Å²) in [5, 5.41) is 3.21. The average molecular weight is 265 g/mol. The van der Waals surface area contributed by atoms with Crippen LogP contribution in [-0.4, -0.2) is 36.8 Å². The molecule has 0 amide bonds. The van der Waals surface area contributed by atoms with Gasteiger partial charge in [-0.1, -0.05) is 6.92 Å². The maximum atomic E-state index is 5.27. The van der Waals surface area contributed by atoms with E-state index < -0.39 is 0 Å². The van der Waals surface area contributed by atoms with Crippen molar-refractivity contribution in [2.45, 2.75) is 46.6 Å². The van der Waals surface area contributed by atoms with Gasteiger partial charge in [0.1, 0.15) is 5.82 Å². The predicted molar refractivity (Wildman–Crippen MR) is 78.5 cm³/mol. The lowest BCUT2D eigenvalue weighted by atomic mass is 9.98. The average Bonchev–Trinajstić information content (AvgIpc) is 2.34. The number of ether oxygens (including phenoxy) is 1. The molecule has 1 rings (SSSR count). The molecule has 0 aromatic carbocycles. The van der Waals surface area contributed by atoms with E-state index in [1.807, 2.05) is 14.0 Å². The highest BCUT2D eigenvalue weighted by atomic mass is 16.5. The molecule has 0 saturated heterocycles. The zero-order valence-corrected chi connectivity index (χ0v) is 13.1. The number of hydrogen-bond acceptors (Lipinski definition) is 4. The Balaban J connectivity index is 2.85. The molecule has 19 heavy (non-hydrogen) atoms. The largest absolute Gasteiger partial charge is 0.381 e. The number of rotatable bonds is 7. The van der Waals surface area contributed by atoms with Crippen LogP contribution in [0.15, 0.2) is 0 Å². The van der Waals surface area contributed by atoms with E-state index in [1.165, 1.54) is 5.56 Å². The van der Waals surface area contributed by atoms with Crippen LogP contribution in [0.1, 0.15) is 36.6 Å². The Kier molecular flexibility index (Phi) is 6.38. The van der Waals surface area contributed by atoms with Gasteiger partial charge in [0.05, 0.1) is 6.10 Å². The summed E-state index contributed by atoms with van der Waals surface area (Å²) < 4.78 is 5.27. The standard InChI is InChI=1S/C15H27N3O/c1-10(9-16-5)7-14-12(3)17-15(18-13(14)4)8-11(2)19-6/h10-11,16H,7-9H2,1-6H3. The number of aromatic nitrogens is 2. The van der Waals surface area contributed by atoms with Crippen LogP contribution < -0.4 is 5.32 Å². The normalized spacial score (nSPS) is 14.4. The zero-order valence-electron chi connectivity index (χ0n) is 13.1. The van der Waals surface area contributed by atoms with E-state index in [-0.39, 0.29) is 6.10 Å². The lowest BCUT2D eigenvalue weighted by molar-refractivity contribution is 0.117. The van der Waals surface area contributed by atoms with Gasteiger partial charge >= 0.3 is 0 Å². The van der Waals surface area contributed by atoms with Crippen LogP contribution in [0.25, 0.3) is 0 Å². The number of hydrogen-bond donors (Lipinski definition) is 1. The minimum atomic E-state index is 0.160. The Labute approximate surface area is 117 Å². The van der Waals surface area contributed by atoms with Gasteiger partial charge in [0.25, 0.3) is 0 Å². The summed E-state index contributed by atoms with van der Waals surface area (Å²) in [6.07, 6.45) is 1.95. The fourth-order valence-electron chi connectivity index (χ4n) is 2.31. The third-order valence-electron chi connectivity index (χ3n) is 3.44. The number of nitrogens with zero attached hydrogens (tertiary/aromatic N) is 2. The van der Waals surface area contributed by atoms with Gasteiger partial charge in [0.2, 0.25) is 0 Å². The summed E-state index contributed by atoms with van der Waals surface area (Å²) in [5.74, 6) is 1.48. The monoisotopic (exact) mass is 265 g/mol. The van der Waals surface area contributed by atoms with Gasteiger partial charge in [-0.3, -0.25) is 0 Å². The minimum Gasteiger partial charge on any atom is -0.381 e. The quantitative estimate of drug-likeness (QED) is 0.820. The first kappa shape index (κ1) is 16.1. The molecule has 1 aromatic rings. The first-order chi connectivity index (χ1) is 8.97. The molecule has 2 unspecified atom stereocenters. The van der Waals surface area contributed by atoms with E-state index in [4.69, 9.17) is 4.74 Å². The van der Waals surface area contributed by atoms with Crippen LogP contribution >= 0.6 is 0 Å². The first-order valence-electron chi connectivity index (χ1n) is 6.98. The van der Waals surface area contributed by atoms with E-state index in [0.29, 0.717) is 5.92 Å². The van der Waals surface area contributed by atoms with Crippen molar-refractivity contribution in [1.82, 2.24) is 15.3 Å². The lowest BCUT2D eigenvalue weighted by Gasteiger charge is -2.16. The molecule has 1 N–H and O–H groups in total. The van der Waals surface area contributed by atoms with Crippen LogP contribution in [0.3, 0.4) is 0 Å². The smallest absolute Gasteiger partial charge is 0.131 e. The third kappa shape index (κ3) is 4.88. The molecule has 0 saturated carbocycles. The van der Waals surface area contributed by atoms with Crippen LogP contribution in [0.4, 0.5) is 0 Å². The highest BCUT2D eigenvalue weighted by Crippen LogP contribution is 2.16. The van der Waals surface area contributed by atoms with Gasteiger partial charge in [0, 0.05) is 24.9 Å². The third-order valence-corrected chi connectivity index (χ3v) is 3.44. The summed E-state index contributed by atoms with van der Waals surface area (Å²) in [6.45, 7) is 9.46. The molecule has 0 bridgehead atoms. The fourth-order valence-corrected chi connectivity index (χ4v) is 2.31. The molecule has 1 aromatic heterocycles. The molecule has 0 aliphatic heterocycles. The molecular weight excluding hydrogens is 238 g/mol. The van der Waals surface area contributed by atoms with E-state index in [0.717, 1.165) is 36.6 Å². The van der Waals surface area contributed by atoms with Crippen molar-refractivity contribution in [3.63, 3.8) is 0 Å². The molecule has 0 spiro atoms. The molecule has 0 aliphatic rings. The van der Waals surface area contributed by atoms with Gasteiger partial charge in [-0.05, 0) is 52.3 Å². The van der Waals surface area contributed by atoms with Crippen LogP contribution in [0.5, 0.6) is 0 Å². The highest BCUT2D eigenvalue weighted by molar-refractivity contribution is 5.25. The number of methoxy groups -OCH3 is 1. The fraction of sp³-hybridized carbons (Fsp3) is 0.733. The number of nitrogens with one attached hydrogen (secondary N) is 1. The molecule has 4 nitrogen and oxygen atoms in total. The van der Waals surface area contributed by atoms with Crippen molar-refractivity contribution in [3.8, 4) is 0 Å². The summed E-state index contributed by atoms with van der Waals surface area (Å²) >= 11 is 0. The predicted octanol–water partition coefficient (Wildman–Crippen LogP) is 2.07. The summed E-state index contributed by atoms with van der Waals surface area (Å²) in [4.78, 5) is 9.25. The Morgan fingerprint density at radius 2 is 1.68 bits per heavy atom. The topological polar surface area (TPSA) is 47.0 Å². The molecular formula is C15H27N3O. The Morgan fingerprint density at radius 1 is 1.11 bits per heavy atom. The Morgan fingerprint density at radius 3 is 2.16 bits per heavy atom. The van der Waals surface area contributed by atoms with Gasteiger partial charge in [0.15, 0.2) is 0 Å². The minimum absolute atomic E-state index is 0.160. The first-order valence-corrected chi connectivity index (χ1v) is 6.98. The number of aryl methyl sites for hydroxylation is 2. The summed E-state index contributed by atoms with van der Waals surface area (Å²) in [6, 6.07) is 0. The van der Waals surface area contributed by atoms with Crippen LogP contribution in [-0.2, 0) is 17.6 Å². The van der Waals surface area contributed by atoms with Gasteiger partial charge < -0.3 is 10.1 Å². The van der Waals surface area contributed by atoms with Crippen molar-refractivity contribution >= 4 is 0 Å². The maximum absolute atomic E-state index is 5.27. The molecule has 0 radical (unpaired) electrons. The summed E-state index contributed by atoms with van der Waals surface area (Å²) in [5.41, 5.74) is 3.50. The van der Waals surface area contributed by atoms with Crippen molar-refractivity contribution in [1.29, 1.82) is 0 Å². The molecule has 0 aliphatic carbocycles. The molecule has 4 heteroatoms. The Bertz CT molecular complexity index is 383. The molecule has 1 heterocycles. The molecule has 108 valence electrons. The highest BCUT2D eigenvalue weighted by Gasteiger charge is 2.13. The summed E-state index contributed by atoms with van der Waals surface area (Å²) in [7, 11) is 3.71. The van der Waals surface area contributed by atoms with E-state index >= 15 is 0 Å². The van der Waals surface area contributed by atoms with E-state index in [1.54, 1.807) is 7.11 Å². The van der Waals surface area contributed by atoms with Crippen molar-refractivity contribution in [2.24, 2.45) is 5.92 Å². The maximum Gasteiger partial charge on any atom is 0.131 e. The van der Waals surface area contributed by atoms with Crippen molar-refractivity contribution in [2.75, 3.05) is 20.7 Å². The van der Waals surface area contributed by atoms with Crippen molar-refractivity contribution < 1.29 is 4.74 Å². The zero-order chi connectivity index (χ0) is 14.4. The van der Waals surface area contributed by atoms with E-state index in [9.17, 15) is 0 Å². The Hall–Kier alpha value is -1.00. The van der Waals surface area contributed by atoms with Gasteiger partial charge in [-0.15, -0.1) is 0 Å². The van der Waals surface area contributed by atoms with Gasteiger partial charge in [-0.2, -0.15) is 0 Å².